The van der Waals surface area contributed by atoms with Crippen LogP contribution in [-0.2, 0) is 13.0 Å². The van der Waals surface area contributed by atoms with Crippen molar-refractivity contribution in [2.24, 2.45) is 0 Å². The highest BCUT2D eigenvalue weighted by Crippen LogP contribution is 2.27. The molecule has 3 aromatic rings. The highest BCUT2D eigenvalue weighted by atomic mass is 15.5. The quantitative estimate of drug-likeness (QED) is 0.673. The Morgan fingerprint density at radius 1 is 0.889 bits per heavy atom. The molecule has 27 heavy (non-hydrogen) atoms. The maximum atomic E-state index is 4.45. The third-order valence-corrected chi connectivity index (χ3v) is 5.28. The molecular weight excluding hydrogens is 336 g/mol. The zero-order valence-electron chi connectivity index (χ0n) is 15.8. The Bertz CT molecular complexity index is 824. The number of tetrazole rings is 1. The van der Waals surface area contributed by atoms with Gasteiger partial charge < -0.3 is 4.90 Å². The molecule has 0 radical (unpaired) electrons. The van der Waals surface area contributed by atoms with E-state index in [1.54, 1.807) is 0 Å². The maximum Gasteiger partial charge on any atom is 0.173 e. The van der Waals surface area contributed by atoms with Gasteiger partial charge in [-0.1, -0.05) is 60.7 Å². The van der Waals surface area contributed by atoms with Crippen LogP contribution in [-0.4, -0.2) is 63.2 Å². The summed E-state index contributed by atoms with van der Waals surface area (Å²) in [4.78, 5) is 4.87. The van der Waals surface area contributed by atoms with Crippen LogP contribution >= 0.6 is 0 Å². The summed E-state index contributed by atoms with van der Waals surface area (Å²) >= 11 is 0. The second-order valence-electron chi connectivity index (χ2n) is 7.15. The predicted molar refractivity (Wildman–Crippen MR) is 105 cm³/mol. The van der Waals surface area contributed by atoms with Crippen LogP contribution in [0.25, 0.3) is 0 Å². The summed E-state index contributed by atoms with van der Waals surface area (Å²) in [5, 5.41) is 12.8. The van der Waals surface area contributed by atoms with Crippen molar-refractivity contribution in [1.82, 2.24) is 30.0 Å². The molecule has 1 saturated heterocycles. The molecule has 0 N–H and O–H groups in total. The summed E-state index contributed by atoms with van der Waals surface area (Å²) in [5.74, 6) is 0.932. The minimum absolute atomic E-state index is 0.0886. The third kappa shape index (κ3) is 4.23. The van der Waals surface area contributed by atoms with Gasteiger partial charge >= 0.3 is 0 Å². The zero-order chi connectivity index (χ0) is 18.5. The summed E-state index contributed by atoms with van der Waals surface area (Å²) in [7, 11) is 2.18. The monoisotopic (exact) mass is 362 g/mol. The molecule has 2 aromatic carbocycles. The summed E-state index contributed by atoms with van der Waals surface area (Å²) in [5.41, 5.74) is 2.55. The Morgan fingerprint density at radius 3 is 2.26 bits per heavy atom. The van der Waals surface area contributed by atoms with E-state index in [0.717, 1.165) is 45.0 Å². The largest absolute Gasteiger partial charge is 0.304 e. The van der Waals surface area contributed by atoms with Crippen molar-refractivity contribution in [3.63, 3.8) is 0 Å². The van der Waals surface area contributed by atoms with E-state index in [0.29, 0.717) is 0 Å². The number of benzene rings is 2. The zero-order valence-corrected chi connectivity index (χ0v) is 15.8. The van der Waals surface area contributed by atoms with Crippen LogP contribution in [0.2, 0.25) is 0 Å². The number of likely N-dealkylation sites (N-methyl/N-ethyl adjacent to an activating group) is 1. The van der Waals surface area contributed by atoms with Crippen molar-refractivity contribution in [2.75, 3.05) is 33.2 Å². The van der Waals surface area contributed by atoms with E-state index in [9.17, 15) is 0 Å². The van der Waals surface area contributed by atoms with E-state index in [-0.39, 0.29) is 6.04 Å². The van der Waals surface area contributed by atoms with Gasteiger partial charge in [-0.2, -0.15) is 0 Å². The number of rotatable bonds is 6. The standard InChI is InChI=1S/C21H26N6/c1-25-14-16-26(17-15-25)20(19-10-6-3-7-11-19)21-22-23-24-27(21)13-12-18-8-4-2-5-9-18/h2-11,20H,12-17H2,1H3. The lowest BCUT2D eigenvalue weighted by molar-refractivity contribution is 0.121. The molecule has 1 aliphatic heterocycles. The van der Waals surface area contributed by atoms with Crippen molar-refractivity contribution in [2.45, 2.75) is 19.0 Å². The highest BCUT2D eigenvalue weighted by molar-refractivity contribution is 5.25. The van der Waals surface area contributed by atoms with Crippen LogP contribution in [0.3, 0.4) is 0 Å². The summed E-state index contributed by atoms with van der Waals surface area (Å²) in [6, 6.07) is 21.2. The number of nitrogens with zero attached hydrogens (tertiary/aromatic N) is 6. The van der Waals surface area contributed by atoms with Crippen LogP contribution < -0.4 is 0 Å². The van der Waals surface area contributed by atoms with E-state index in [1.165, 1.54) is 11.1 Å². The second kappa shape index (κ2) is 8.41. The molecule has 2 heterocycles. The number of aryl methyl sites for hydroxylation is 2. The minimum Gasteiger partial charge on any atom is -0.304 e. The number of hydrogen-bond donors (Lipinski definition) is 0. The van der Waals surface area contributed by atoms with E-state index in [2.05, 4.69) is 87.0 Å². The fraction of sp³-hybridized carbons (Fsp3) is 0.381. The molecule has 1 atom stereocenters. The first-order chi connectivity index (χ1) is 13.3. The summed E-state index contributed by atoms with van der Waals surface area (Å²) in [6.45, 7) is 4.94. The van der Waals surface area contributed by atoms with Crippen LogP contribution in [0.5, 0.6) is 0 Å². The second-order valence-corrected chi connectivity index (χ2v) is 7.15. The van der Waals surface area contributed by atoms with Gasteiger partial charge in [0.2, 0.25) is 0 Å². The fourth-order valence-electron chi connectivity index (χ4n) is 3.68. The first-order valence-corrected chi connectivity index (χ1v) is 9.59. The van der Waals surface area contributed by atoms with Crippen molar-refractivity contribution in [3.8, 4) is 0 Å². The topological polar surface area (TPSA) is 50.1 Å². The van der Waals surface area contributed by atoms with Gasteiger partial charge in [-0.3, -0.25) is 4.90 Å². The molecular formula is C21H26N6. The van der Waals surface area contributed by atoms with Crippen molar-refractivity contribution in [3.05, 3.63) is 77.6 Å². The lowest BCUT2D eigenvalue weighted by Crippen LogP contribution is -2.46. The van der Waals surface area contributed by atoms with Crippen LogP contribution in [0.15, 0.2) is 60.7 Å². The van der Waals surface area contributed by atoms with Crippen molar-refractivity contribution >= 4 is 0 Å². The smallest absolute Gasteiger partial charge is 0.173 e. The molecule has 0 bridgehead atoms. The lowest BCUT2D eigenvalue weighted by Gasteiger charge is -2.37. The van der Waals surface area contributed by atoms with Crippen LogP contribution in [0, 0.1) is 0 Å². The molecule has 0 spiro atoms. The number of piperazine rings is 1. The Morgan fingerprint density at radius 2 is 1.56 bits per heavy atom. The Hall–Kier alpha value is -2.57. The van der Waals surface area contributed by atoms with E-state index >= 15 is 0 Å². The number of hydrogen-bond acceptors (Lipinski definition) is 5. The van der Waals surface area contributed by atoms with Gasteiger partial charge in [0.1, 0.15) is 0 Å². The molecule has 140 valence electrons. The molecule has 0 saturated carbocycles. The average Bonchev–Trinajstić information content (AvgIpc) is 3.18. The SMILES string of the molecule is CN1CCN(C(c2ccccc2)c2nnnn2CCc2ccccc2)CC1. The molecule has 0 amide bonds. The van der Waals surface area contributed by atoms with E-state index < -0.39 is 0 Å². The molecule has 6 heteroatoms. The van der Waals surface area contributed by atoms with Crippen molar-refractivity contribution < 1.29 is 0 Å². The van der Waals surface area contributed by atoms with Gasteiger partial charge in [-0.05, 0) is 35.0 Å². The highest BCUT2D eigenvalue weighted by Gasteiger charge is 2.29. The minimum atomic E-state index is 0.0886. The van der Waals surface area contributed by atoms with Gasteiger partial charge in [-0.25, -0.2) is 4.68 Å². The molecule has 6 nitrogen and oxygen atoms in total. The molecule has 0 aliphatic carbocycles. The average molecular weight is 362 g/mol. The van der Waals surface area contributed by atoms with Gasteiger partial charge in [0.05, 0.1) is 6.04 Å². The lowest BCUT2D eigenvalue weighted by atomic mass is 10.0. The first kappa shape index (κ1) is 17.8. The third-order valence-electron chi connectivity index (χ3n) is 5.28. The molecule has 1 fully saturated rings. The number of aromatic nitrogens is 4. The van der Waals surface area contributed by atoms with Crippen LogP contribution in [0.1, 0.15) is 23.0 Å². The fourth-order valence-corrected chi connectivity index (χ4v) is 3.68. The Labute approximate surface area is 160 Å². The van der Waals surface area contributed by atoms with Crippen molar-refractivity contribution in [1.29, 1.82) is 0 Å². The summed E-state index contributed by atoms with van der Waals surface area (Å²) in [6.07, 6.45) is 0.920. The Balaban J connectivity index is 1.60. The normalized spacial score (nSPS) is 17.1. The first-order valence-electron chi connectivity index (χ1n) is 9.59. The van der Waals surface area contributed by atoms with E-state index in [1.807, 2.05) is 10.7 Å². The molecule has 1 aromatic heterocycles. The molecule has 1 unspecified atom stereocenters. The van der Waals surface area contributed by atoms with E-state index in [4.69, 9.17) is 0 Å². The summed E-state index contributed by atoms with van der Waals surface area (Å²) < 4.78 is 1.98. The molecule has 4 rings (SSSR count). The van der Waals surface area contributed by atoms with Gasteiger partial charge in [0.15, 0.2) is 5.82 Å². The van der Waals surface area contributed by atoms with Gasteiger partial charge in [0.25, 0.3) is 0 Å². The molecule has 1 aliphatic rings. The Kier molecular flexibility index (Phi) is 5.55. The van der Waals surface area contributed by atoms with Crippen LogP contribution in [0.4, 0.5) is 0 Å². The van der Waals surface area contributed by atoms with Gasteiger partial charge in [0, 0.05) is 32.7 Å². The predicted octanol–water partition coefficient (Wildman–Crippen LogP) is 2.25. The van der Waals surface area contributed by atoms with Gasteiger partial charge in [-0.15, -0.1) is 5.10 Å². The maximum absolute atomic E-state index is 4.45.